The lowest BCUT2D eigenvalue weighted by atomic mass is 10.1. The maximum Gasteiger partial charge on any atom is 0.256 e. The van der Waals surface area contributed by atoms with E-state index < -0.39 is 6.04 Å². The molecule has 1 atom stereocenters. The number of amides is 2. The van der Waals surface area contributed by atoms with Gasteiger partial charge >= 0.3 is 0 Å². The largest absolute Gasteiger partial charge is 0.327 e. The first-order chi connectivity index (χ1) is 15.2. The lowest BCUT2D eigenvalue weighted by molar-refractivity contribution is -0.119. The van der Waals surface area contributed by atoms with E-state index in [4.69, 9.17) is 0 Å². The Balaban J connectivity index is 1.35. The zero-order chi connectivity index (χ0) is 21.2. The van der Waals surface area contributed by atoms with Gasteiger partial charge < -0.3 is 10.2 Å². The van der Waals surface area contributed by atoms with Crippen LogP contribution in [-0.2, 0) is 11.3 Å². The third-order valence-corrected chi connectivity index (χ3v) is 6.07. The van der Waals surface area contributed by atoms with Crippen molar-refractivity contribution in [2.75, 3.05) is 11.9 Å². The van der Waals surface area contributed by atoms with E-state index in [2.05, 4.69) is 20.4 Å². The van der Waals surface area contributed by atoms with Gasteiger partial charge in [-0.2, -0.15) is 5.10 Å². The smallest absolute Gasteiger partial charge is 0.256 e. The van der Waals surface area contributed by atoms with Crippen molar-refractivity contribution in [2.45, 2.75) is 25.4 Å². The summed E-state index contributed by atoms with van der Waals surface area (Å²) in [5.41, 5.74) is 2.31. The van der Waals surface area contributed by atoms with Crippen molar-refractivity contribution in [2.24, 2.45) is 0 Å². The van der Waals surface area contributed by atoms with Crippen LogP contribution < -0.4 is 5.32 Å². The fraction of sp³-hybridized carbons (Fsp3) is 0.227. The van der Waals surface area contributed by atoms with Gasteiger partial charge in [-0.15, -0.1) is 11.3 Å². The first-order valence-corrected chi connectivity index (χ1v) is 10.9. The Labute approximate surface area is 182 Å². The topological polar surface area (TPSA) is 93.0 Å². The highest BCUT2D eigenvalue weighted by molar-refractivity contribution is 7.13. The van der Waals surface area contributed by atoms with Gasteiger partial charge in [0.25, 0.3) is 5.91 Å². The van der Waals surface area contributed by atoms with Crippen molar-refractivity contribution < 1.29 is 9.59 Å². The summed E-state index contributed by atoms with van der Waals surface area (Å²) < 4.78 is 1.82. The number of nitrogens with zero attached hydrogens (tertiary/aromatic N) is 5. The molecule has 0 aliphatic carbocycles. The molecule has 1 saturated heterocycles. The zero-order valence-corrected chi connectivity index (χ0v) is 17.5. The second-order valence-electron chi connectivity index (χ2n) is 7.41. The molecule has 9 heteroatoms. The van der Waals surface area contributed by atoms with Crippen molar-refractivity contribution in [1.82, 2.24) is 24.6 Å². The average Bonchev–Trinajstić information content (AvgIpc) is 3.55. The van der Waals surface area contributed by atoms with Crippen LogP contribution >= 0.6 is 11.3 Å². The quantitative estimate of drug-likeness (QED) is 0.523. The van der Waals surface area contributed by atoms with Crippen LogP contribution in [0.1, 0.15) is 28.8 Å². The number of anilines is 1. The summed E-state index contributed by atoms with van der Waals surface area (Å²) in [6.07, 6.45) is 6.34. The third kappa shape index (κ3) is 3.91. The van der Waals surface area contributed by atoms with Crippen LogP contribution in [0.25, 0.3) is 11.0 Å². The minimum atomic E-state index is -0.507. The van der Waals surface area contributed by atoms with Gasteiger partial charge in [-0.05, 0) is 24.5 Å². The molecule has 0 bridgehead atoms. The Bertz CT molecular complexity index is 1220. The number of thiazole rings is 1. The van der Waals surface area contributed by atoms with Crippen molar-refractivity contribution in [3.05, 3.63) is 71.5 Å². The fourth-order valence-electron chi connectivity index (χ4n) is 3.88. The van der Waals surface area contributed by atoms with E-state index in [1.165, 1.54) is 11.3 Å². The Kier molecular flexibility index (Phi) is 5.17. The molecular formula is C22H20N6O2S. The number of nitrogens with one attached hydrogen (secondary N) is 1. The molecule has 3 aromatic heterocycles. The lowest BCUT2D eigenvalue weighted by Crippen LogP contribution is -2.43. The molecule has 5 rings (SSSR count). The molecule has 4 aromatic rings. The van der Waals surface area contributed by atoms with Crippen molar-refractivity contribution in [1.29, 1.82) is 0 Å². The number of aromatic nitrogens is 4. The van der Waals surface area contributed by atoms with Crippen LogP contribution in [0.4, 0.5) is 5.13 Å². The summed E-state index contributed by atoms with van der Waals surface area (Å²) in [6, 6.07) is 11.3. The van der Waals surface area contributed by atoms with E-state index in [0.717, 1.165) is 23.0 Å². The normalized spacial score (nSPS) is 16.0. The van der Waals surface area contributed by atoms with E-state index >= 15 is 0 Å². The van der Waals surface area contributed by atoms with Crippen LogP contribution in [-0.4, -0.2) is 49.0 Å². The molecule has 0 spiro atoms. The molecule has 1 N–H and O–H groups in total. The van der Waals surface area contributed by atoms with E-state index in [1.807, 2.05) is 35.0 Å². The number of hydrogen-bond acceptors (Lipinski definition) is 6. The van der Waals surface area contributed by atoms with Crippen LogP contribution in [0.15, 0.2) is 60.4 Å². The minimum Gasteiger partial charge on any atom is -0.327 e. The summed E-state index contributed by atoms with van der Waals surface area (Å²) >= 11 is 1.35. The number of fused-ring (bicyclic) bond motifs is 1. The molecule has 0 radical (unpaired) electrons. The highest BCUT2D eigenvalue weighted by atomic mass is 32.1. The second kappa shape index (κ2) is 8.27. The average molecular weight is 433 g/mol. The van der Waals surface area contributed by atoms with Gasteiger partial charge in [0.15, 0.2) is 10.8 Å². The monoisotopic (exact) mass is 432 g/mol. The maximum atomic E-state index is 13.2. The molecule has 4 heterocycles. The Hall–Kier alpha value is -3.59. The summed E-state index contributed by atoms with van der Waals surface area (Å²) in [4.78, 5) is 36.1. The molecule has 31 heavy (non-hydrogen) atoms. The number of benzene rings is 1. The third-order valence-electron chi connectivity index (χ3n) is 5.38. The van der Waals surface area contributed by atoms with Gasteiger partial charge in [-0.1, -0.05) is 30.3 Å². The molecule has 156 valence electrons. The van der Waals surface area contributed by atoms with Crippen LogP contribution in [0.3, 0.4) is 0 Å². The van der Waals surface area contributed by atoms with Gasteiger partial charge in [-0.3, -0.25) is 9.59 Å². The number of likely N-dealkylation sites (tertiary alicyclic amines) is 1. The van der Waals surface area contributed by atoms with Crippen molar-refractivity contribution in [3.63, 3.8) is 0 Å². The number of hydrogen-bond donors (Lipinski definition) is 1. The lowest BCUT2D eigenvalue weighted by Gasteiger charge is -2.23. The molecule has 1 aliphatic heterocycles. The SMILES string of the molecule is O=C(Nc1nccs1)C1CCCN1C(=O)c1cnc2c(cnn2Cc2ccccc2)c1. The minimum absolute atomic E-state index is 0.193. The van der Waals surface area contributed by atoms with E-state index in [-0.39, 0.29) is 11.8 Å². The van der Waals surface area contributed by atoms with Gasteiger partial charge in [0, 0.05) is 29.7 Å². The number of pyridine rings is 1. The highest BCUT2D eigenvalue weighted by Crippen LogP contribution is 2.23. The molecule has 1 fully saturated rings. The van der Waals surface area contributed by atoms with Crippen molar-refractivity contribution in [3.8, 4) is 0 Å². The zero-order valence-electron chi connectivity index (χ0n) is 16.6. The molecule has 1 unspecified atom stereocenters. The molecule has 1 aromatic carbocycles. The Morgan fingerprint density at radius 1 is 1.16 bits per heavy atom. The van der Waals surface area contributed by atoms with E-state index in [1.54, 1.807) is 34.9 Å². The van der Waals surface area contributed by atoms with Gasteiger partial charge in [0.2, 0.25) is 5.91 Å². The van der Waals surface area contributed by atoms with Crippen LogP contribution in [0.5, 0.6) is 0 Å². The number of carbonyl (C=O) groups is 2. The molecule has 1 aliphatic rings. The van der Waals surface area contributed by atoms with Crippen molar-refractivity contribution >= 4 is 39.3 Å². The summed E-state index contributed by atoms with van der Waals surface area (Å²) in [5.74, 6) is -0.396. The van der Waals surface area contributed by atoms with Crippen LogP contribution in [0, 0.1) is 0 Å². The fourth-order valence-corrected chi connectivity index (χ4v) is 4.41. The maximum absolute atomic E-state index is 13.2. The first-order valence-electron chi connectivity index (χ1n) is 10.1. The van der Waals surface area contributed by atoms with E-state index in [0.29, 0.717) is 30.2 Å². The standard InChI is InChI=1S/C22H20N6O2S/c29-20(26-22-23-8-10-31-22)18-7-4-9-27(18)21(30)17-11-16-13-25-28(19(16)24-12-17)14-15-5-2-1-3-6-15/h1-3,5-6,8,10-13,18H,4,7,9,14H2,(H,23,26,29). The summed E-state index contributed by atoms with van der Waals surface area (Å²) in [5, 5.41) is 10.4. The molecule has 2 amide bonds. The summed E-state index contributed by atoms with van der Waals surface area (Å²) in [7, 11) is 0. The molecule has 8 nitrogen and oxygen atoms in total. The number of rotatable bonds is 5. The predicted octanol–water partition coefficient (Wildman–Crippen LogP) is 3.18. The first kappa shape index (κ1) is 19.4. The van der Waals surface area contributed by atoms with Gasteiger partial charge in [0.1, 0.15) is 6.04 Å². The molecule has 0 saturated carbocycles. The van der Waals surface area contributed by atoms with Gasteiger partial charge in [0.05, 0.1) is 18.3 Å². The second-order valence-corrected chi connectivity index (χ2v) is 8.30. The number of carbonyl (C=O) groups excluding carboxylic acids is 2. The molecular weight excluding hydrogens is 412 g/mol. The Morgan fingerprint density at radius 2 is 2.03 bits per heavy atom. The van der Waals surface area contributed by atoms with Crippen LogP contribution in [0.2, 0.25) is 0 Å². The highest BCUT2D eigenvalue weighted by Gasteiger charge is 2.35. The predicted molar refractivity (Wildman–Crippen MR) is 118 cm³/mol. The Morgan fingerprint density at radius 3 is 2.84 bits per heavy atom. The van der Waals surface area contributed by atoms with Gasteiger partial charge in [-0.25, -0.2) is 14.6 Å². The van der Waals surface area contributed by atoms with E-state index in [9.17, 15) is 9.59 Å². The summed E-state index contributed by atoms with van der Waals surface area (Å²) in [6.45, 7) is 1.15.